The van der Waals surface area contributed by atoms with Crippen LogP contribution in [0.5, 0.6) is 0 Å². The summed E-state index contributed by atoms with van der Waals surface area (Å²) in [5.74, 6) is -1.18. The monoisotopic (exact) mass is 321 g/mol. The molecule has 0 heterocycles. The second-order valence-electron chi connectivity index (χ2n) is 3.70. The molecule has 1 amide bonds. The minimum atomic E-state index is -0.916. The molecule has 1 unspecified atom stereocenters. The minimum absolute atomic E-state index is 0.0493. The Labute approximate surface area is 125 Å². The van der Waals surface area contributed by atoms with Gasteiger partial charge in [0.1, 0.15) is 5.25 Å². The largest absolute Gasteiger partial charge is 0.480 e. The molecule has 0 aliphatic heterocycles. The van der Waals surface area contributed by atoms with E-state index in [1.807, 2.05) is 0 Å². The third kappa shape index (κ3) is 4.93. The molecule has 7 heteroatoms. The van der Waals surface area contributed by atoms with Crippen LogP contribution in [0.4, 0.5) is 5.69 Å². The molecule has 104 valence electrons. The molecule has 0 aliphatic rings. The number of hydrogen-bond acceptors (Lipinski definition) is 3. The lowest BCUT2D eigenvalue weighted by Gasteiger charge is -2.10. The van der Waals surface area contributed by atoms with E-state index in [0.29, 0.717) is 17.1 Å². The first kappa shape index (κ1) is 16.1. The van der Waals surface area contributed by atoms with Crippen LogP contribution in [0.3, 0.4) is 0 Å². The summed E-state index contributed by atoms with van der Waals surface area (Å²) < 4.78 is 0. The fourth-order valence-corrected chi connectivity index (χ4v) is 2.48. The third-order valence-electron chi connectivity index (χ3n) is 2.29. The van der Waals surface area contributed by atoms with Crippen molar-refractivity contribution in [3.05, 3.63) is 28.2 Å². The molecule has 1 aromatic rings. The Morgan fingerprint density at radius 1 is 1.42 bits per heavy atom. The van der Waals surface area contributed by atoms with Crippen LogP contribution < -0.4 is 5.32 Å². The van der Waals surface area contributed by atoms with Gasteiger partial charge in [-0.15, -0.1) is 11.8 Å². The van der Waals surface area contributed by atoms with E-state index in [9.17, 15) is 9.59 Å². The quantitative estimate of drug-likeness (QED) is 0.841. The van der Waals surface area contributed by atoms with Crippen LogP contribution in [0.2, 0.25) is 10.0 Å². The lowest BCUT2D eigenvalue weighted by molar-refractivity contribution is -0.136. The fraction of sp³-hybridized carbons (Fsp3) is 0.333. The van der Waals surface area contributed by atoms with E-state index in [-0.39, 0.29) is 16.7 Å². The van der Waals surface area contributed by atoms with Crippen LogP contribution in [-0.2, 0) is 9.59 Å². The summed E-state index contributed by atoms with van der Waals surface area (Å²) in [6.07, 6.45) is 0.463. The smallest absolute Gasteiger partial charge is 0.316 e. The first-order valence-electron chi connectivity index (χ1n) is 5.54. The van der Waals surface area contributed by atoms with Gasteiger partial charge in [-0.3, -0.25) is 9.59 Å². The molecule has 0 saturated heterocycles. The molecule has 19 heavy (non-hydrogen) atoms. The first-order valence-corrected chi connectivity index (χ1v) is 7.34. The van der Waals surface area contributed by atoms with Crippen molar-refractivity contribution in [2.75, 3.05) is 11.1 Å². The average Bonchev–Trinajstić information content (AvgIpc) is 2.35. The fourth-order valence-electron chi connectivity index (χ4n) is 1.33. The van der Waals surface area contributed by atoms with Crippen LogP contribution in [0.25, 0.3) is 0 Å². The summed E-state index contributed by atoms with van der Waals surface area (Å²) in [7, 11) is 0. The number of benzene rings is 1. The number of carboxylic acids is 1. The van der Waals surface area contributed by atoms with Gasteiger partial charge in [0.2, 0.25) is 5.91 Å². The molecule has 4 nitrogen and oxygen atoms in total. The predicted octanol–water partition coefficient (Wildman–Crippen LogP) is 3.53. The van der Waals surface area contributed by atoms with Gasteiger partial charge in [-0.05, 0) is 18.6 Å². The van der Waals surface area contributed by atoms with Gasteiger partial charge in [0, 0.05) is 0 Å². The number of carbonyl (C=O) groups is 2. The van der Waals surface area contributed by atoms with E-state index in [1.165, 1.54) is 0 Å². The van der Waals surface area contributed by atoms with Gasteiger partial charge < -0.3 is 10.4 Å². The van der Waals surface area contributed by atoms with Crippen molar-refractivity contribution in [2.45, 2.75) is 18.6 Å². The Bertz CT molecular complexity index is 482. The summed E-state index contributed by atoms with van der Waals surface area (Å²) in [5, 5.41) is 11.5. The maximum atomic E-state index is 11.7. The minimum Gasteiger partial charge on any atom is -0.480 e. The zero-order valence-electron chi connectivity index (χ0n) is 10.2. The normalized spacial score (nSPS) is 11.9. The van der Waals surface area contributed by atoms with Crippen molar-refractivity contribution in [1.29, 1.82) is 0 Å². The van der Waals surface area contributed by atoms with E-state index in [1.54, 1.807) is 25.1 Å². The van der Waals surface area contributed by atoms with E-state index in [0.717, 1.165) is 11.8 Å². The molecule has 1 atom stereocenters. The van der Waals surface area contributed by atoms with Gasteiger partial charge >= 0.3 is 5.97 Å². The number of hydrogen-bond donors (Lipinski definition) is 2. The van der Waals surface area contributed by atoms with E-state index in [2.05, 4.69) is 5.32 Å². The number of halogens is 2. The number of thioether (sulfide) groups is 1. The zero-order chi connectivity index (χ0) is 14.4. The summed E-state index contributed by atoms with van der Waals surface area (Å²) in [5.41, 5.74) is 0.420. The summed E-state index contributed by atoms with van der Waals surface area (Å²) >= 11 is 12.8. The topological polar surface area (TPSA) is 66.4 Å². The second kappa shape index (κ2) is 7.62. The maximum Gasteiger partial charge on any atom is 0.316 e. The Morgan fingerprint density at radius 2 is 2.11 bits per heavy atom. The number of carbonyl (C=O) groups excluding carboxylic acids is 1. The molecular formula is C12H13Cl2NO3S. The zero-order valence-corrected chi connectivity index (χ0v) is 12.5. The number of aliphatic carboxylic acids is 1. The molecule has 2 N–H and O–H groups in total. The van der Waals surface area contributed by atoms with Crippen LogP contribution in [0.15, 0.2) is 18.2 Å². The molecule has 0 spiro atoms. The molecule has 1 rings (SSSR count). The van der Waals surface area contributed by atoms with E-state index in [4.69, 9.17) is 28.3 Å². The SMILES string of the molecule is CCC(SCC(=O)Nc1cccc(Cl)c1Cl)C(=O)O. The van der Waals surface area contributed by atoms with Crippen molar-refractivity contribution >= 4 is 52.5 Å². The Kier molecular flexibility index (Phi) is 6.48. The Morgan fingerprint density at radius 3 is 2.68 bits per heavy atom. The summed E-state index contributed by atoms with van der Waals surface area (Å²) in [6.45, 7) is 1.76. The van der Waals surface area contributed by atoms with Crippen molar-refractivity contribution < 1.29 is 14.7 Å². The van der Waals surface area contributed by atoms with Crippen LogP contribution in [0, 0.1) is 0 Å². The van der Waals surface area contributed by atoms with Crippen LogP contribution >= 0.6 is 35.0 Å². The van der Waals surface area contributed by atoms with Gasteiger partial charge in [-0.2, -0.15) is 0 Å². The standard InChI is InChI=1S/C12H13Cl2NO3S/c1-2-9(12(17)18)19-6-10(16)15-8-5-3-4-7(13)11(8)14/h3-5,9H,2,6H2,1H3,(H,15,16)(H,17,18). The first-order chi connectivity index (χ1) is 8.95. The molecule has 0 aliphatic carbocycles. The van der Waals surface area contributed by atoms with Crippen LogP contribution in [-0.4, -0.2) is 28.0 Å². The van der Waals surface area contributed by atoms with Gasteiger partial charge in [0.15, 0.2) is 0 Å². The predicted molar refractivity (Wildman–Crippen MR) is 79.3 cm³/mol. The number of carboxylic acid groups (broad SMARTS) is 1. The van der Waals surface area contributed by atoms with Crippen molar-refractivity contribution in [2.24, 2.45) is 0 Å². The van der Waals surface area contributed by atoms with E-state index < -0.39 is 11.2 Å². The molecule has 1 aromatic carbocycles. The number of nitrogens with one attached hydrogen (secondary N) is 1. The highest BCUT2D eigenvalue weighted by atomic mass is 35.5. The van der Waals surface area contributed by atoms with Gasteiger partial charge in [-0.1, -0.05) is 36.2 Å². The van der Waals surface area contributed by atoms with Crippen molar-refractivity contribution in [1.82, 2.24) is 0 Å². The van der Waals surface area contributed by atoms with Gasteiger partial charge in [-0.25, -0.2) is 0 Å². The van der Waals surface area contributed by atoms with E-state index >= 15 is 0 Å². The third-order valence-corrected chi connectivity index (χ3v) is 4.47. The second-order valence-corrected chi connectivity index (χ2v) is 5.67. The van der Waals surface area contributed by atoms with Gasteiger partial charge in [0.05, 0.1) is 21.5 Å². The molecule has 0 fully saturated rings. The number of amides is 1. The summed E-state index contributed by atoms with van der Waals surface area (Å²) in [6, 6.07) is 4.92. The molecule has 0 bridgehead atoms. The maximum absolute atomic E-state index is 11.7. The Balaban J connectivity index is 2.56. The lowest BCUT2D eigenvalue weighted by atomic mass is 10.3. The summed E-state index contributed by atoms with van der Waals surface area (Å²) in [4.78, 5) is 22.5. The Hall–Kier alpha value is -0.910. The lowest BCUT2D eigenvalue weighted by Crippen LogP contribution is -2.21. The molecule has 0 aromatic heterocycles. The van der Waals surface area contributed by atoms with Crippen LogP contribution in [0.1, 0.15) is 13.3 Å². The highest BCUT2D eigenvalue weighted by molar-refractivity contribution is 8.01. The highest BCUT2D eigenvalue weighted by Crippen LogP contribution is 2.29. The number of rotatable bonds is 6. The highest BCUT2D eigenvalue weighted by Gasteiger charge is 2.17. The van der Waals surface area contributed by atoms with Gasteiger partial charge in [0.25, 0.3) is 0 Å². The van der Waals surface area contributed by atoms with Crippen molar-refractivity contribution in [3.8, 4) is 0 Å². The van der Waals surface area contributed by atoms with Crippen molar-refractivity contribution in [3.63, 3.8) is 0 Å². The average molecular weight is 322 g/mol. The molecule has 0 saturated carbocycles. The molecule has 0 radical (unpaired) electrons. The molecular weight excluding hydrogens is 309 g/mol. The number of anilines is 1.